The number of carbonyl (C=O) groups excluding carboxylic acids is 1. The molecule has 0 fully saturated rings. The van der Waals surface area contributed by atoms with Crippen molar-refractivity contribution in [2.24, 2.45) is 0 Å². The summed E-state index contributed by atoms with van der Waals surface area (Å²) < 4.78 is 25.4. The van der Waals surface area contributed by atoms with Gasteiger partial charge in [0.2, 0.25) is 0 Å². The molecule has 30 heavy (non-hydrogen) atoms. The summed E-state index contributed by atoms with van der Waals surface area (Å²) in [4.78, 5) is 21.0. The summed E-state index contributed by atoms with van der Waals surface area (Å²) in [6, 6.07) is 0. The zero-order chi connectivity index (χ0) is 22.7. The van der Waals surface area contributed by atoms with Gasteiger partial charge in [0.15, 0.2) is 0 Å². The van der Waals surface area contributed by atoms with Crippen LogP contribution in [0.15, 0.2) is 0 Å². The topological polar surface area (TPSA) is 143 Å². The Bertz CT molecular complexity index is 462. The van der Waals surface area contributed by atoms with Gasteiger partial charge >= 0.3 is 13.8 Å². The number of hydrogen-bond donors (Lipinski definition) is 4. The van der Waals surface area contributed by atoms with E-state index in [1.54, 1.807) is 0 Å². The highest BCUT2D eigenvalue weighted by Gasteiger charge is 2.24. The van der Waals surface area contributed by atoms with Gasteiger partial charge in [-0.05, 0) is 6.42 Å². The lowest BCUT2D eigenvalue weighted by Crippen LogP contribution is -2.24. The molecule has 0 aliphatic carbocycles. The molecule has 9 nitrogen and oxygen atoms in total. The molecule has 0 amide bonds. The van der Waals surface area contributed by atoms with Gasteiger partial charge in [-0.25, -0.2) is 4.57 Å². The molecule has 0 bridgehead atoms. The molecular formula is C20H41O9P. The van der Waals surface area contributed by atoms with E-state index in [0.29, 0.717) is 0 Å². The number of phosphoric ester groups is 1. The second-order valence-electron chi connectivity index (χ2n) is 7.52. The summed E-state index contributed by atoms with van der Waals surface area (Å²) in [7, 11) is -4.47. The van der Waals surface area contributed by atoms with Crippen LogP contribution in [0.25, 0.3) is 0 Å². The Labute approximate surface area is 180 Å². The maximum Gasteiger partial charge on any atom is 0.472 e. The Balaban J connectivity index is 3.60. The quantitative estimate of drug-likeness (QED) is 0.116. The third-order valence-corrected chi connectivity index (χ3v) is 5.44. The van der Waals surface area contributed by atoms with Crippen LogP contribution < -0.4 is 0 Å². The molecule has 0 rings (SSSR count). The molecule has 0 heterocycles. The van der Waals surface area contributed by atoms with Gasteiger partial charge < -0.3 is 24.9 Å². The maximum atomic E-state index is 11.7. The van der Waals surface area contributed by atoms with Crippen molar-refractivity contribution < 1.29 is 43.4 Å². The number of unbranched alkanes of at least 4 members (excludes halogenated alkanes) is 10. The number of rotatable bonds is 21. The van der Waals surface area contributed by atoms with Gasteiger partial charge in [-0.15, -0.1) is 0 Å². The van der Waals surface area contributed by atoms with Gasteiger partial charge in [-0.3, -0.25) is 13.8 Å². The molecule has 0 saturated carbocycles. The third-order valence-electron chi connectivity index (χ3n) is 4.49. The van der Waals surface area contributed by atoms with E-state index in [9.17, 15) is 19.4 Å². The van der Waals surface area contributed by atoms with Crippen molar-refractivity contribution in [3.63, 3.8) is 0 Å². The average Bonchev–Trinajstić information content (AvgIpc) is 2.73. The van der Waals surface area contributed by atoms with Crippen LogP contribution in [-0.4, -0.2) is 64.8 Å². The van der Waals surface area contributed by atoms with Crippen molar-refractivity contribution in [3.05, 3.63) is 0 Å². The first kappa shape index (κ1) is 29.5. The summed E-state index contributed by atoms with van der Waals surface area (Å²) in [6.07, 6.45) is 10.7. The van der Waals surface area contributed by atoms with Gasteiger partial charge in [0.05, 0.1) is 19.8 Å². The van der Waals surface area contributed by atoms with Crippen LogP contribution in [-0.2, 0) is 23.1 Å². The number of carbonyl (C=O) groups is 1. The van der Waals surface area contributed by atoms with Crippen LogP contribution >= 0.6 is 7.82 Å². The van der Waals surface area contributed by atoms with E-state index in [2.05, 4.69) is 16.0 Å². The van der Waals surface area contributed by atoms with E-state index in [1.165, 1.54) is 51.4 Å². The number of aliphatic hydroxyl groups excluding tert-OH is 3. The molecule has 0 saturated heterocycles. The Hall–Kier alpha value is -0.540. The molecule has 0 aromatic heterocycles. The van der Waals surface area contributed by atoms with Crippen molar-refractivity contribution in [2.45, 2.75) is 96.2 Å². The Kier molecular flexibility index (Phi) is 18.8. The fraction of sp³-hybridized carbons (Fsp3) is 0.950. The van der Waals surface area contributed by atoms with E-state index in [4.69, 9.17) is 14.9 Å². The highest BCUT2D eigenvalue weighted by atomic mass is 31.2. The highest BCUT2D eigenvalue weighted by molar-refractivity contribution is 7.47. The SMILES string of the molecule is CCCCCCCCCCCCCC(=O)OCC(O)COP(=O)(O)OC[C@@H](O)CO. The zero-order valence-electron chi connectivity index (χ0n) is 18.2. The van der Waals surface area contributed by atoms with Gasteiger partial charge in [0.1, 0.15) is 18.8 Å². The largest absolute Gasteiger partial charge is 0.472 e. The van der Waals surface area contributed by atoms with Crippen molar-refractivity contribution in [1.82, 2.24) is 0 Å². The van der Waals surface area contributed by atoms with Crippen molar-refractivity contribution in [2.75, 3.05) is 26.4 Å². The fourth-order valence-electron chi connectivity index (χ4n) is 2.69. The number of esters is 1. The molecule has 180 valence electrons. The first-order chi connectivity index (χ1) is 14.3. The summed E-state index contributed by atoms with van der Waals surface area (Å²) in [5.41, 5.74) is 0. The highest BCUT2D eigenvalue weighted by Crippen LogP contribution is 2.43. The lowest BCUT2D eigenvalue weighted by molar-refractivity contribution is -0.147. The molecule has 10 heteroatoms. The Morgan fingerprint density at radius 2 is 1.27 bits per heavy atom. The minimum Gasteiger partial charge on any atom is -0.463 e. The monoisotopic (exact) mass is 456 g/mol. The number of hydrogen-bond acceptors (Lipinski definition) is 8. The van der Waals surface area contributed by atoms with Gasteiger partial charge in [0, 0.05) is 6.42 Å². The van der Waals surface area contributed by atoms with E-state index in [-0.39, 0.29) is 13.0 Å². The maximum absolute atomic E-state index is 11.7. The summed E-state index contributed by atoms with van der Waals surface area (Å²) in [5.74, 6) is -0.431. The van der Waals surface area contributed by atoms with Crippen LogP contribution in [0, 0.1) is 0 Å². The van der Waals surface area contributed by atoms with E-state index >= 15 is 0 Å². The lowest BCUT2D eigenvalue weighted by Gasteiger charge is -2.16. The molecule has 2 unspecified atom stereocenters. The van der Waals surface area contributed by atoms with Gasteiger partial charge in [-0.2, -0.15) is 0 Å². The van der Waals surface area contributed by atoms with Crippen molar-refractivity contribution in [1.29, 1.82) is 0 Å². The van der Waals surface area contributed by atoms with Crippen LogP contribution in [0.1, 0.15) is 84.0 Å². The van der Waals surface area contributed by atoms with Crippen molar-refractivity contribution >= 4 is 13.8 Å². The molecule has 0 radical (unpaired) electrons. The van der Waals surface area contributed by atoms with Crippen molar-refractivity contribution in [3.8, 4) is 0 Å². The lowest BCUT2D eigenvalue weighted by atomic mass is 10.1. The summed E-state index contributed by atoms with van der Waals surface area (Å²) in [6.45, 7) is 0.0746. The fourth-order valence-corrected chi connectivity index (χ4v) is 3.49. The van der Waals surface area contributed by atoms with Crippen LogP contribution in [0.5, 0.6) is 0 Å². The molecule has 0 aliphatic heterocycles. The smallest absolute Gasteiger partial charge is 0.463 e. The van der Waals surface area contributed by atoms with Crippen LogP contribution in [0.4, 0.5) is 0 Å². The standard InChI is InChI=1S/C20H41O9P/c1-2-3-4-5-6-7-8-9-10-11-12-13-20(24)27-15-19(23)17-29-30(25,26)28-16-18(22)14-21/h18-19,21-23H,2-17H2,1H3,(H,25,26)/t18-,19?/m0/s1. The number of phosphoric acid groups is 1. The molecule has 3 atom stereocenters. The minimum atomic E-state index is -4.47. The van der Waals surface area contributed by atoms with E-state index in [0.717, 1.165) is 19.3 Å². The second-order valence-corrected chi connectivity index (χ2v) is 8.97. The first-order valence-electron chi connectivity index (χ1n) is 11.0. The Morgan fingerprint density at radius 3 is 1.77 bits per heavy atom. The van der Waals surface area contributed by atoms with Crippen LogP contribution in [0.2, 0.25) is 0 Å². The predicted molar refractivity (Wildman–Crippen MR) is 113 cm³/mol. The zero-order valence-corrected chi connectivity index (χ0v) is 19.1. The Morgan fingerprint density at radius 1 is 0.800 bits per heavy atom. The molecule has 0 aromatic carbocycles. The van der Waals surface area contributed by atoms with Crippen LogP contribution in [0.3, 0.4) is 0 Å². The molecule has 0 spiro atoms. The normalized spacial score (nSPS) is 15.5. The third kappa shape index (κ3) is 19.4. The summed E-state index contributed by atoms with van der Waals surface area (Å²) in [5, 5.41) is 27.3. The van der Waals surface area contributed by atoms with E-state index in [1.807, 2.05) is 0 Å². The van der Waals surface area contributed by atoms with Gasteiger partial charge in [-0.1, -0.05) is 71.1 Å². The molecule has 0 aliphatic rings. The molecule has 4 N–H and O–H groups in total. The van der Waals surface area contributed by atoms with E-state index < -0.39 is 45.8 Å². The minimum absolute atomic E-state index is 0.269. The summed E-state index contributed by atoms with van der Waals surface area (Å²) >= 11 is 0. The number of ether oxygens (including phenoxy) is 1. The first-order valence-corrected chi connectivity index (χ1v) is 12.5. The van der Waals surface area contributed by atoms with Gasteiger partial charge in [0.25, 0.3) is 0 Å². The average molecular weight is 457 g/mol. The molecular weight excluding hydrogens is 415 g/mol. The molecule has 0 aromatic rings. The second kappa shape index (κ2) is 19.2. The predicted octanol–water partition coefficient (Wildman–Crippen LogP) is 3.08. The number of aliphatic hydroxyl groups is 3.